The van der Waals surface area contributed by atoms with Crippen molar-refractivity contribution < 1.29 is 14.5 Å². The lowest BCUT2D eigenvalue weighted by atomic mass is 10.2. The Morgan fingerprint density at radius 3 is 2.65 bits per heavy atom. The van der Waals surface area contributed by atoms with E-state index in [1.165, 1.54) is 4.90 Å². The van der Waals surface area contributed by atoms with Crippen molar-refractivity contribution in [2.75, 3.05) is 20.1 Å². The van der Waals surface area contributed by atoms with Gasteiger partial charge in [-0.25, -0.2) is 0 Å². The van der Waals surface area contributed by atoms with Gasteiger partial charge in [0.25, 0.3) is 5.69 Å². The zero-order valence-corrected chi connectivity index (χ0v) is 9.17. The number of carbonyl (C=O) groups is 2. The Bertz CT molecular complexity index is 454. The van der Waals surface area contributed by atoms with Crippen molar-refractivity contribution in [2.24, 2.45) is 5.73 Å². The summed E-state index contributed by atoms with van der Waals surface area (Å²) in [5, 5.41) is 10.4. The molecular formula is C9H12N4O4. The third-order valence-corrected chi connectivity index (χ3v) is 2.02. The topological polar surface area (TPSA) is 122 Å². The maximum atomic E-state index is 11.6. The summed E-state index contributed by atoms with van der Waals surface area (Å²) in [6.07, 6.45) is 1.14. The third kappa shape index (κ3) is 3.68. The minimum atomic E-state index is -0.597. The number of carbonyl (C=O) groups excluding carboxylic acids is 2. The van der Waals surface area contributed by atoms with Crippen LogP contribution < -0.4 is 5.73 Å². The number of hydrogen-bond donors (Lipinski definition) is 2. The fourth-order valence-electron chi connectivity index (χ4n) is 1.30. The van der Waals surface area contributed by atoms with Gasteiger partial charge >= 0.3 is 0 Å². The van der Waals surface area contributed by atoms with E-state index in [-0.39, 0.29) is 30.3 Å². The summed E-state index contributed by atoms with van der Waals surface area (Å²) in [5.74, 6) is -0.889. The van der Waals surface area contributed by atoms with Gasteiger partial charge in [-0.15, -0.1) is 0 Å². The number of primary amides is 1. The van der Waals surface area contributed by atoms with E-state index in [2.05, 4.69) is 4.98 Å². The van der Waals surface area contributed by atoms with Gasteiger partial charge < -0.3 is 10.7 Å². The second-order valence-corrected chi connectivity index (χ2v) is 3.59. The van der Waals surface area contributed by atoms with Gasteiger partial charge in [0, 0.05) is 6.07 Å². The largest absolute Gasteiger partial charge is 0.369 e. The van der Waals surface area contributed by atoms with E-state index >= 15 is 0 Å². The van der Waals surface area contributed by atoms with Crippen LogP contribution in [0.15, 0.2) is 12.3 Å². The SMILES string of the molecule is CN(CC(N)=O)CC(=O)c1cc([N+](=O)[O-])c[nH]1. The highest BCUT2D eigenvalue weighted by atomic mass is 16.6. The Morgan fingerprint density at radius 1 is 1.53 bits per heavy atom. The van der Waals surface area contributed by atoms with E-state index in [1.807, 2.05) is 0 Å². The quantitative estimate of drug-likeness (QED) is 0.395. The number of aromatic nitrogens is 1. The van der Waals surface area contributed by atoms with Crippen LogP contribution in [0.1, 0.15) is 10.5 Å². The molecule has 0 aliphatic rings. The van der Waals surface area contributed by atoms with Gasteiger partial charge in [-0.1, -0.05) is 0 Å². The summed E-state index contributed by atoms with van der Waals surface area (Å²) in [4.78, 5) is 36.0. The molecule has 92 valence electrons. The normalized spacial score (nSPS) is 10.5. The van der Waals surface area contributed by atoms with E-state index in [9.17, 15) is 19.7 Å². The van der Waals surface area contributed by atoms with Crippen molar-refractivity contribution in [1.29, 1.82) is 0 Å². The average Bonchev–Trinajstić information content (AvgIpc) is 2.64. The van der Waals surface area contributed by atoms with Gasteiger partial charge in [0.2, 0.25) is 5.91 Å². The third-order valence-electron chi connectivity index (χ3n) is 2.02. The fraction of sp³-hybridized carbons (Fsp3) is 0.333. The Morgan fingerprint density at radius 2 is 2.18 bits per heavy atom. The summed E-state index contributed by atoms with van der Waals surface area (Å²) in [6, 6.07) is 1.15. The first-order valence-electron chi connectivity index (χ1n) is 4.73. The molecular weight excluding hydrogens is 228 g/mol. The zero-order valence-electron chi connectivity index (χ0n) is 9.17. The number of H-pyrrole nitrogens is 1. The minimum absolute atomic E-state index is 0.0411. The lowest BCUT2D eigenvalue weighted by Gasteiger charge is -2.12. The first-order chi connectivity index (χ1) is 7.90. The van der Waals surface area contributed by atoms with Crippen LogP contribution in [0.25, 0.3) is 0 Å². The van der Waals surface area contributed by atoms with Crippen molar-refractivity contribution in [2.45, 2.75) is 0 Å². The van der Waals surface area contributed by atoms with E-state index in [0.29, 0.717) is 0 Å². The molecule has 0 spiro atoms. The van der Waals surface area contributed by atoms with Crippen molar-refractivity contribution in [1.82, 2.24) is 9.88 Å². The number of rotatable bonds is 6. The molecule has 1 aromatic heterocycles. The highest BCUT2D eigenvalue weighted by Crippen LogP contribution is 2.12. The van der Waals surface area contributed by atoms with Gasteiger partial charge in [-0.2, -0.15) is 0 Å². The molecule has 0 bridgehead atoms. The minimum Gasteiger partial charge on any atom is -0.369 e. The molecule has 1 heterocycles. The molecule has 0 aliphatic heterocycles. The molecule has 0 atom stereocenters. The molecule has 0 fully saturated rings. The van der Waals surface area contributed by atoms with Gasteiger partial charge in [-0.05, 0) is 7.05 Å². The Balaban J connectivity index is 2.63. The zero-order chi connectivity index (χ0) is 13.0. The monoisotopic (exact) mass is 240 g/mol. The Labute approximate surface area is 96.5 Å². The molecule has 1 aromatic rings. The van der Waals surface area contributed by atoms with E-state index in [1.54, 1.807) is 7.05 Å². The molecule has 8 heteroatoms. The molecule has 0 unspecified atom stereocenters. The smallest absolute Gasteiger partial charge is 0.287 e. The second kappa shape index (κ2) is 5.21. The standard InChI is InChI=1S/C9H12N4O4/c1-12(5-9(10)15)4-8(14)7-2-6(3-11-7)13(16)17/h2-3,11H,4-5H2,1H3,(H2,10,15). The number of likely N-dealkylation sites (N-methyl/N-ethyl adjacent to an activating group) is 1. The fourth-order valence-corrected chi connectivity index (χ4v) is 1.30. The second-order valence-electron chi connectivity index (χ2n) is 3.59. The molecule has 8 nitrogen and oxygen atoms in total. The maximum Gasteiger partial charge on any atom is 0.287 e. The van der Waals surface area contributed by atoms with Crippen LogP contribution in [0.3, 0.4) is 0 Å². The number of nitrogens with one attached hydrogen (secondary N) is 1. The van der Waals surface area contributed by atoms with Crippen LogP contribution >= 0.6 is 0 Å². The lowest BCUT2D eigenvalue weighted by molar-refractivity contribution is -0.384. The first kappa shape index (κ1) is 12.8. The molecule has 0 saturated carbocycles. The summed E-state index contributed by atoms with van der Waals surface area (Å²) < 4.78 is 0. The number of hydrogen-bond acceptors (Lipinski definition) is 5. The van der Waals surface area contributed by atoms with E-state index in [0.717, 1.165) is 12.3 Å². The van der Waals surface area contributed by atoms with Crippen LogP contribution in [0.4, 0.5) is 5.69 Å². The predicted molar refractivity (Wildman–Crippen MR) is 58.5 cm³/mol. The molecule has 0 aliphatic carbocycles. The summed E-state index contributed by atoms with van der Waals surface area (Å²) in [7, 11) is 1.56. The van der Waals surface area contributed by atoms with Crippen LogP contribution in [-0.2, 0) is 4.79 Å². The van der Waals surface area contributed by atoms with Crippen molar-refractivity contribution >= 4 is 17.4 Å². The average molecular weight is 240 g/mol. The number of Topliss-reactive ketones (excluding diaryl/α,β-unsaturated/α-hetero) is 1. The molecule has 1 amide bonds. The summed E-state index contributed by atoms with van der Waals surface area (Å²) in [6.45, 7) is -0.0881. The van der Waals surface area contributed by atoms with Crippen LogP contribution in [0.2, 0.25) is 0 Å². The van der Waals surface area contributed by atoms with Crippen molar-refractivity contribution in [3.8, 4) is 0 Å². The number of nitrogens with two attached hydrogens (primary N) is 1. The van der Waals surface area contributed by atoms with Gasteiger partial charge in [0.1, 0.15) is 0 Å². The van der Waals surface area contributed by atoms with Gasteiger partial charge in [0.05, 0.1) is 29.9 Å². The Hall–Kier alpha value is -2.22. The van der Waals surface area contributed by atoms with Crippen LogP contribution in [0.5, 0.6) is 0 Å². The van der Waals surface area contributed by atoms with E-state index < -0.39 is 10.8 Å². The number of ketones is 1. The molecule has 3 N–H and O–H groups in total. The van der Waals surface area contributed by atoms with Crippen LogP contribution in [-0.4, -0.2) is 46.6 Å². The summed E-state index contributed by atoms with van der Waals surface area (Å²) in [5.41, 5.74) is 4.92. The van der Waals surface area contributed by atoms with E-state index in [4.69, 9.17) is 5.73 Å². The number of amides is 1. The predicted octanol–water partition coefficient (Wildman–Crippen LogP) is -0.477. The molecule has 0 radical (unpaired) electrons. The number of nitro groups is 1. The summed E-state index contributed by atoms with van der Waals surface area (Å²) >= 11 is 0. The maximum absolute atomic E-state index is 11.6. The first-order valence-corrected chi connectivity index (χ1v) is 4.73. The number of aromatic amines is 1. The van der Waals surface area contributed by atoms with Crippen molar-refractivity contribution in [3.63, 3.8) is 0 Å². The number of nitrogens with zero attached hydrogens (tertiary/aromatic N) is 2. The highest BCUT2D eigenvalue weighted by Gasteiger charge is 2.16. The molecule has 1 rings (SSSR count). The van der Waals surface area contributed by atoms with Crippen molar-refractivity contribution in [3.05, 3.63) is 28.1 Å². The molecule has 17 heavy (non-hydrogen) atoms. The Kier molecular flexibility index (Phi) is 3.94. The van der Waals surface area contributed by atoms with Gasteiger partial charge in [0.15, 0.2) is 5.78 Å². The molecule has 0 aromatic carbocycles. The lowest BCUT2D eigenvalue weighted by Crippen LogP contribution is -2.34. The molecule has 0 saturated heterocycles. The van der Waals surface area contributed by atoms with Crippen LogP contribution in [0, 0.1) is 10.1 Å². The van der Waals surface area contributed by atoms with Gasteiger partial charge in [-0.3, -0.25) is 24.6 Å². The highest BCUT2D eigenvalue weighted by molar-refractivity contribution is 5.96.